The molecule has 6 nitrogen and oxygen atoms in total. The second kappa shape index (κ2) is 7.80. The average molecular weight is 366 g/mol. The van der Waals surface area contributed by atoms with Gasteiger partial charge in [0.25, 0.3) is 5.91 Å². The zero-order valence-electron chi connectivity index (χ0n) is 15.4. The Hall–Kier alpha value is -2.86. The van der Waals surface area contributed by atoms with Gasteiger partial charge in [0.2, 0.25) is 0 Å². The molecule has 3 aromatic rings. The van der Waals surface area contributed by atoms with Crippen LogP contribution in [0.1, 0.15) is 40.8 Å². The van der Waals surface area contributed by atoms with E-state index >= 15 is 0 Å². The highest BCUT2D eigenvalue weighted by Crippen LogP contribution is 2.25. The molecule has 0 radical (unpaired) electrons. The summed E-state index contributed by atoms with van der Waals surface area (Å²) in [4.78, 5) is 14.4. The highest BCUT2D eigenvalue weighted by Gasteiger charge is 2.31. The van der Waals surface area contributed by atoms with E-state index in [2.05, 4.69) is 10.5 Å². The third-order valence-corrected chi connectivity index (χ3v) is 5.23. The molecule has 1 aliphatic heterocycles. The molecule has 1 fully saturated rings. The van der Waals surface area contributed by atoms with Crippen LogP contribution in [0.3, 0.4) is 0 Å². The fourth-order valence-corrected chi connectivity index (χ4v) is 3.83. The van der Waals surface area contributed by atoms with Gasteiger partial charge in [-0.2, -0.15) is 0 Å². The van der Waals surface area contributed by atoms with Gasteiger partial charge in [0, 0.05) is 18.4 Å². The minimum atomic E-state index is -0.164. The van der Waals surface area contributed by atoms with E-state index in [1.54, 1.807) is 13.2 Å². The summed E-state index contributed by atoms with van der Waals surface area (Å²) in [6.45, 7) is 4.48. The zero-order valence-corrected chi connectivity index (χ0v) is 15.4. The minimum absolute atomic E-state index is 0.117. The van der Waals surface area contributed by atoms with Crippen molar-refractivity contribution < 1.29 is 18.6 Å². The van der Waals surface area contributed by atoms with Gasteiger partial charge in [-0.25, -0.2) is 0 Å². The molecular formula is C21H24N3O3+. The number of furan rings is 1. The van der Waals surface area contributed by atoms with E-state index in [9.17, 15) is 4.79 Å². The van der Waals surface area contributed by atoms with E-state index in [-0.39, 0.29) is 11.9 Å². The van der Waals surface area contributed by atoms with E-state index in [0.717, 1.165) is 24.4 Å². The van der Waals surface area contributed by atoms with Crippen LogP contribution in [0.25, 0.3) is 11.3 Å². The molecule has 2 N–H and O–H groups in total. The van der Waals surface area contributed by atoms with Crippen molar-refractivity contribution in [3.8, 4) is 11.3 Å². The molecule has 4 rings (SSSR count). The Balaban J connectivity index is 1.53. The maximum absolute atomic E-state index is 13.0. The van der Waals surface area contributed by atoms with Gasteiger partial charge in [-0.1, -0.05) is 35.5 Å². The molecule has 0 bridgehead atoms. The van der Waals surface area contributed by atoms with Crippen molar-refractivity contribution in [3.05, 3.63) is 65.8 Å². The standard InChI is InChI=1S/C21H23N3O3/c1-15-19(20(23-27-15)16-8-3-2-4-9-16)21(25)22-14-17(18-10-7-13-26-18)24-11-5-6-12-24/h2-4,7-10,13,17H,5-6,11-12,14H2,1H3,(H,22,25)/p+1/t17-/m1/s1. The largest absolute Gasteiger partial charge is 0.463 e. The first kappa shape index (κ1) is 17.5. The summed E-state index contributed by atoms with van der Waals surface area (Å²) in [5.74, 6) is 1.27. The summed E-state index contributed by atoms with van der Waals surface area (Å²) in [6, 6.07) is 13.6. The topological polar surface area (TPSA) is 72.7 Å². The number of aryl methyl sites for hydroxylation is 1. The van der Waals surface area contributed by atoms with Crippen molar-refractivity contribution in [1.82, 2.24) is 10.5 Å². The Morgan fingerprint density at radius 3 is 2.67 bits per heavy atom. The number of likely N-dealkylation sites (tertiary alicyclic amines) is 1. The van der Waals surface area contributed by atoms with Crippen LogP contribution in [-0.2, 0) is 0 Å². The molecule has 6 heteroatoms. The van der Waals surface area contributed by atoms with Gasteiger partial charge >= 0.3 is 0 Å². The minimum Gasteiger partial charge on any atom is -0.463 e. The van der Waals surface area contributed by atoms with E-state index in [1.165, 1.54) is 17.7 Å². The van der Waals surface area contributed by atoms with Gasteiger partial charge in [0.1, 0.15) is 17.0 Å². The number of nitrogens with zero attached hydrogens (tertiary/aromatic N) is 1. The molecule has 1 aliphatic rings. The van der Waals surface area contributed by atoms with Gasteiger partial charge in [-0.05, 0) is 19.1 Å². The first-order chi connectivity index (χ1) is 13.2. The summed E-state index contributed by atoms with van der Waals surface area (Å²) in [7, 11) is 0. The van der Waals surface area contributed by atoms with Crippen molar-refractivity contribution in [2.75, 3.05) is 19.6 Å². The van der Waals surface area contributed by atoms with E-state index in [1.807, 2.05) is 42.5 Å². The van der Waals surface area contributed by atoms with Crippen molar-refractivity contribution in [1.29, 1.82) is 0 Å². The third kappa shape index (κ3) is 3.66. The molecule has 1 atom stereocenters. The number of quaternary nitrogens is 1. The summed E-state index contributed by atoms with van der Waals surface area (Å²) >= 11 is 0. The van der Waals surface area contributed by atoms with Crippen LogP contribution in [0.4, 0.5) is 0 Å². The lowest BCUT2D eigenvalue weighted by Gasteiger charge is -2.23. The monoisotopic (exact) mass is 366 g/mol. The number of carbonyl (C=O) groups is 1. The quantitative estimate of drug-likeness (QED) is 0.703. The Labute approximate surface area is 158 Å². The van der Waals surface area contributed by atoms with Crippen LogP contribution in [0.15, 0.2) is 57.7 Å². The summed E-state index contributed by atoms with van der Waals surface area (Å²) in [6.07, 6.45) is 4.12. The number of rotatable bonds is 6. The fraction of sp³-hybridized carbons (Fsp3) is 0.333. The number of aromatic nitrogens is 1. The number of nitrogens with one attached hydrogen (secondary N) is 2. The lowest BCUT2D eigenvalue weighted by atomic mass is 10.1. The lowest BCUT2D eigenvalue weighted by molar-refractivity contribution is -0.919. The number of amides is 1. The Morgan fingerprint density at radius 1 is 1.19 bits per heavy atom. The van der Waals surface area contributed by atoms with Gasteiger partial charge in [0.15, 0.2) is 11.8 Å². The molecule has 0 saturated carbocycles. The zero-order chi connectivity index (χ0) is 18.6. The molecule has 0 spiro atoms. The van der Waals surface area contributed by atoms with Crippen molar-refractivity contribution in [2.24, 2.45) is 0 Å². The number of hydrogen-bond acceptors (Lipinski definition) is 4. The van der Waals surface area contributed by atoms with Crippen LogP contribution in [0, 0.1) is 6.92 Å². The number of benzene rings is 1. The van der Waals surface area contributed by atoms with E-state index < -0.39 is 0 Å². The second-order valence-corrected chi connectivity index (χ2v) is 6.97. The summed E-state index contributed by atoms with van der Waals surface area (Å²) in [5.41, 5.74) is 1.94. The molecule has 1 amide bonds. The second-order valence-electron chi connectivity index (χ2n) is 6.97. The number of hydrogen-bond donors (Lipinski definition) is 2. The van der Waals surface area contributed by atoms with Crippen molar-refractivity contribution in [2.45, 2.75) is 25.8 Å². The fourth-order valence-electron chi connectivity index (χ4n) is 3.83. The van der Waals surface area contributed by atoms with Gasteiger partial charge in [-0.3, -0.25) is 4.79 Å². The molecule has 2 aromatic heterocycles. The molecule has 3 heterocycles. The van der Waals surface area contributed by atoms with E-state index in [4.69, 9.17) is 8.94 Å². The molecule has 27 heavy (non-hydrogen) atoms. The highest BCUT2D eigenvalue weighted by atomic mass is 16.5. The molecule has 0 unspecified atom stereocenters. The van der Waals surface area contributed by atoms with E-state index in [0.29, 0.717) is 23.6 Å². The summed E-state index contributed by atoms with van der Waals surface area (Å²) < 4.78 is 11.0. The van der Waals surface area contributed by atoms with Crippen molar-refractivity contribution >= 4 is 5.91 Å². The predicted octanol–water partition coefficient (Wildman–Crippen LogP) is 2.39. The number of carbonyl (C=O) groups excluding carboxylic acids is 1. The first-order valence-corrected chi connectivity index (χ1v) is 9.42. The van der Waals surface area contributed by atoms with Crippen LogP contribution < -0.4 is 10.2 Å². The molecular weight excluding hydrogens is 342 g/mol. The maximum Gasteiger partial charge on any atom is 0.257 e. The summed E-state index contributed by atoms with van der Waals surface area (Å²) in [5, 5.41) is 7.18. The normalized spacial score (nSPS) is 15.7. The van der Waals surface area contributed by atoms with Gasteiger partial charge < -0.3 is 19.2 Å². The SMILES string of the molecule is Cc1onc(-c2ccccc2)c1C(=O)NC[C@H](c1ccco1)[NH+]1CCCC1. The van der Waals surface area contributed by atoms with Crippen molar-refractivity contribution in [3.63, 3.8) is 0 Å². The first-order valence-electron chi connectivity index (χ1n) is 9.42. The van der Waals surface area contributed by atoms with Crippen LogP contribution in [-0.4, -0.2) is 30.7 Å². The van der Waals surface area contributed by atoms with Crippen LogP contribution in [0.5, 0.6) is 0 Å². The Bertz CT molecular complexity index is 881. The van der Waals surface area contributed by atoms with Crippen LogP contribution in [0.2, 0.25) is 0 Å². The molecule has 1 aromatic carbocycles. The Kier molecular flexibility index (Phi) is 5.07. The molecule has 140 valence electrons. The third-order valence-electron chi connectivity index (χ3n) is 5.23. The molecule has 1 saturated heterocycles. The predicted molar refractivity (Wildman–Crippen MR) is 100 cm³/mol. The average Bonchev–Trinajstić information content (AvgIpc) is 3.45. The highest BCUT2D eigenvalue weighted by molar-refractivity contribution is 6.00. The lowest BCUT2D eigenvalue weighted by Crippen LogP contribution is -3.11. The Morgan fingerprint density at radius 2 is 1.96 bits per heavy atom. The van der Waals surface area contributed by atoms with Gasteiger partial charge in [-0.15, -0.1) is 0 Å². The van der Waals surface area contributed by atoms with Gasteiger partial charge in [0.05, 0.1) is 25.9 Å². The smallest absolute Gasteiger partial charge is 0.257 e. The maximum atomic E-state index is 13.0. The molecule has 0 aliphatic carbocycles. The van der Waals surface area contributed by atoms with Crippen LogP contribution >= 0.6 is 0 Å².